The first kappa shape index (κ1) is 21.8. The average molecular weight is 439 g/mol. The standard InChI is InChI=1S/C20H27ClN4O3S/c1-14-12-18(25(23-14)20(2,3)4)22-19(26)15-6-5-11-24(13-15)29(27,28)17-9-7-16(21)8-10-17/h7-10,12,15H,5-6,11,13H2,1-4H3,(H,22,26). The minimum Gasteiger partial charge on any atom is -0.311 e. The molecule has 1 saturated heterocycles. The predicted molar refractivity (Wildman–Crippen MR) is 114 cm³/mol. The van der Waals surface area contributed by atoms with E-state index in [9.17, 15) is 13.2 Å². The lowest BCUT2D eigenvalue weighted by Crippen LogP contribution is -2.44. The number of carbonyl (C=O) groups excluding carboxylic acids is 1. The Balaban J connectivity index is 1.76. The molecule has 2 aromatic rings. The lowest BCUT2D eigenvalue weighted by molar-refractivity contribution is -0.120. The van der Waals surface area contributed by atoms with Gasteiger partial charge in [-0.1, -0.05) is 11.6 Å². The summed E-state index contributed by atoms with van der Waals surface area (Å²) in [5, 5.41) is 7.89. The monoisotopic (exact) mass is 438 g/mol. The number of rotatable bonds is 4. The van der Waals surface area contributed by atoms with Crippen molar-refractivity contribution in [2.45, 2.75) is 51.0 Å². The molecule has 29 heavy (non-hydrogen) atoms. The molecule has 0 aliphatic carbocycles. The van der Waals surface area contributed by atoms with E-state index in [1.807, 2.05) is 33.8 Å². The van der Waals surface area contributed by atoms with Gasteiger partial charge in [-0.25, -0.2) is 13.1 Å². The number of halogens is 1. The molecule has 1 aliphatic rings. The Kier molecular flexibility index (Phi) is 6.08. The Bertz CT molecular complexity index is 994. The summed E-state index contributed by atoms with van der Waals surface area (Å²) in [6.45, 7) is 8.45. The van der Waals surface area contributed by atoms with Crippen LogP contribution in [0.4, 0.5) is 5.82 Å². The highest BCUT2D eigenvalue weighted by Gasteiger charge is 2.34. The van der Waals surface area contributed by atoms with Gasteiger partial charge in [-0.3, -0.25) is 4.79 Å². The number of sulfonamides is 1. The van der Waals surface area contributed by atoms with E-state index in [0.717, 1.165) is 5.69 Å². The summed E-state index contributed by atoms with van der Waals surface area (Å²) in [4.78, 5) is 13.1. The smallest absolute Gasteiger partial charge is 0.243 e. The van der Waals surface area contributed by atoms with Gasteiger partial charge in [0.25, 0.3) is 0 Å². The minimum atomic E-state index is -3.67. The van der Waals surface area contributed by atoms with Crippen molar-refractivity contribution >= 4 is 33.3 Å². The fourth-order valence-corrected chi connectivity index (χ4v) is 5.11. The fourth-order valence-electron chi connectivity index (χ4n) is 3.46. The van der Waals surface area contributed by atoms with Gasteiger partial charge in [0, 0.05) is 24.2 Å². The van der Waals surface area contributed by atoms with Crippen LogP contribution in [0.1, 0.15) is 39.3 Å². The number of hydrogen-bond donors (Lipinski definition) is 1. The number of nitrogens with zero attached hydrogens (tertiary/aromatic N) is 3. The molecule has 1 aliphatic heterocycles. The lowest BCUT2D eigenvalue weighted by atomic mass is 9.99. The molecule has 3 rings (SSSR count). The summed E-state index contributed by atoms with van der Waals surface area (Å²) in [7, 11) is -3.67. The van der Waals surface area contributed by atoms with E-state index in [-0.39, 0.29) is 22.9 Å². The number of benzene rings is 1. The number of amides is 1. The highest BCUT2D eigenvalue weighted by Crippen LogP contribution is 2.27. The third-order valence-electron chi connectivity index (χ3n) is 4.92. The molecule has 0 bridgehead atoms. The number of piperidine rings is 1. The van der Waals surface area contributed by atoms with Crippen LogP contribution < -0.4 is 5.32 Å². The molecule has 0 radical (unpaired) electrons. The zero-order valence-electron chi connectivity index (χ0n) is 17.1. The number of carbonyl (C=O) groups is 1. The van der Waals surface area contributed by atoms with Crippen molar-refractivity contribution in [1.29, 1.82) is 0 Å². The van der Waals surface area contributed by atoms with Crippen LogP contribution in [0.2, 0.25) is 5.02 Å². The van der Waals surface area contributed by atoms with Crippen LogP contribution in [0.25, 0.3) is 0 Å². The zero-order valence-corrected chi connectivity index (χ0v) is 18.7. The van der Waals surface area contributed by atoms with Gasteiger partial charge < -0.3 is 5.32 Å². The Morgan fingerprint density at radius 1 is 1.24 bits per heavy atom. The number of anilines is 1. The van der Waals surface area contributed by atoms with Crippen molar-refractivity contribution in [1.82, 2.24) is 14.1 Å². The van der Waals surface area contributed by atoms with Crippen LogP contribution in [-0.2, 0) is 20.4 Å². The second-order valence-corrected chi connectivity index (χ2v) is 10.8. The SMILES string of the molecule is Cc1cc(NC(=O)C2CCCN(S(=O)(=O)c3ccc(Cl)cc3)C2)n(C(C)(C)C)n1. The maximum atomic E-state index is 13.0. The van der Waals surface area contributed by atoms with Crippen LogP contribution in [0.15, 0.2) is 35.2 Å². The number of hydrogen-bond acceptors (Lipinski definition) is 4. The van der Waals surface area contributed by atoms with Crippen LogP contribution >= 0.6 is 11.6 Å². The molecular formula is C20H27ClN4O3S. The topological polar surface area (TPSA) is 84.3 Å². The van der Waals surface area contributed by atoms with Gasteiger partial charge in [-0.2, -0.15) is 9.40 Å². The maximum Gasteiger partial charge on any atom is 0.243 e. The number of aromatic nitrogens is 2. The summed E-state index contributed by atoms with van der Waals surface area (Å²) in [6.07, 6.45) is 1.27. The van der Waals surface area contributed by atoms with Gasteiger partial charge in [0.05, 0.1) is 22.0 Å². The number of aryl methyl sites for hydroxylation is 1. The maximum absolute atomic E-state index is 13.0. The highest BCUT2D eigenvalue weighted by molar-refractivity contribution is 7.89. The first-order valence-electron chi connectivity index (χ1n) is 9.62. The molecule has 9 heteroatoms. The van der Waals surface area contributed by atoms with Crippen LogP contribution in [-0.4, -0.2) is 41.5 Å². The quantitative estimate of drug-likeness (QED) is 0.789. The van der Waals surface area contributed by atoms with E-state index >= 15 is 0 Å². The van der Waals surface area contributed by atoms with E-state index in [2.05, 4.69) is 10.4 Å². The molecule has 0 spiro atoms. The third-order valence-corrected chi connectivity index (χ3v) is 7.06. The van der Waals surface area contributed by atoms with Crippen molar-refractivity contribution in [2.24, 2.45) is 5.92 Å². The van der Waals surface area contributed by atoms with Crippen LogP contribution in [0.3, 0.4) is 0 Å². The number of nitrogens with one attached hydrogen (secondary N) is 1. The third kappa shape index (κ3) is 4.82. The molecule has 7 nitrogen and oxygen atoms in total. The Hall–Kier alpha value is -1.90. The molecule has 1 aromatic carbocycles. The molecule has 1 atom stereocenters. The molecule has 2 heterocycles. The predicted octanol–water partition coefficient (Wildman–Crippen LogP) is 3.64. The summed E-state index contributed by atoms with van der Waals surface area (Å²) in [5.41, 5.74) is 0.527. The van der Waals surface area contributed by atoms with Crippen molar-refractivity contribution < 1.29 is 13.2 Å². The van der Waals surface area contributed by atoms with E-state index < -0.39 is 15.9 Å². The van der Waals surface area contributed by atoms with E-state index in [0.29, 0.717) is 30.2 Å². The second-order valence-electron chi connectivity index (χ2n) is 8.40. The molecule has 1 amide bonds. The molecule has 158 valence electrons. The summed E-state index contributed by atoms with van der Waals surface area (Å²) in [6, 6.07) is 7.92. The van der Waals surface area contributed by atoms with Crippen molar-refractivity contribution in [3.8, 4) is 0 Å². The van der Waals surface area contributed by atoms with Crippen LogP contribution in [0.5, 0.6) is 0 Å². The molecule has 1 unspecified atom stereocenters. The Labute approximate surface area is 177 Å². The zero-order chi connectivity index (χ0) is 21.4. The molecule has 1 N–H and O–H groups in total. The highest BCUT2D eigenvalue weighted by atomic mass is 35.5. The molecule has 1 fully saturated rings. The molecule has 1 aromatic heterocycles. The van der Waals surface area contributed by atoms with Crippen LogP contribution in [0, 0.1) is 12.8 Å². The summed E-state index contributed by atoms with van der Waals surface area (Å²) >= 11 is 5.87. The second kappa shape index (κ2) is 8.08. The lowest BCUT2D eigenvalue weighted by Gasteiger charge is -2.31. The van der Waals surface area contributed by atoms with E-state index in [4.69, 9.17) is 11.6 Å². The van der Waals surface area contributed by atoms with Gasteiger partial charge in [0.15, 0.2) is 0 Å². The normalized spacial score (nSPS) is 18.6. The Morgan fingerprint density at radius 2 is 1.90 bits per heavy atom. The minimum absolute atomic E-state index is 0.152. The summed E-state index contributed by atoms with van der Waals surface area (Å²) < 4.78 is 29.1. The first-order chi connectivity index (χ1) is 13.5. The fraction of sp³-hybridized carbons (Fsp3) is 0.500. The van der Waals surface area contributed by atoms with Gasteiger partial charge in [0.1, 0.15) is 5.82 Å². The average Bonchev–Trinajstić information content (AvgIpc) is 3.03. The molecular weight excluding hydrogens is 412 g/mol. The van der Waals surface area contributed by atoms with Crippen molar-refractivity contribution in [3.05, 3.63) is 41.0 Å². The van der Waals surface area contributed by atoms with Crippen molar-refractivity contribution in [2.75, 3.05) is 18.4 Å². The molecule has 0 saturated carbocycles. The van der Waals surface area contributed by atoms with Gasteiger partial charge in [-0.15, -0.1) is 0 Å². The van der Waals surface area contributed by atoms with Crippen molar-refractivity contribution in [3.63, 3.8) is 0 Å². The van der Waals surface area contributed by atoms with E-state index in [1.54, 1.807) is 16.8 Å². The van der Waals surface area contributed by atoms with E-state index in [1.165, 1.54) is 16.4 Å². The largest absolute Gasteiger partial charge is 0.311 e. The van der Waals surface area contributed by atoms with Gasteiger partial charge >= 0.3 is 0 Å². The first-order valence-corrected chi connectivity index (χ1v) is 11.4. The van der Waals surface area contributed by atoms with Gasteiger partial charge in [-0.05, 0) is 64.8 Å². The summed E-state index contributed by atoms with van der Waals surface area (Å²) in [5.74, 6) is 0.0125. The van der Waals surface area contributed by atoms with Gasteiger partial charge in [0.2, 0.25) is 15.9 Å². The Morgan fingerprint density at radius 3 is 2.52 bits per heavy atom.